The summed E-state index contributed by atoms with van der Waals surface area (Å²) in [7, 11) is 1.69. The molecule has 0 saturated carbocycles. The Morgan fingerprint density at radius 3 is 2.68 bits per heavy atom. The molecule has 0 amide bonds. The average molecular weight is 335 g/mol. The number of hydrogen-bond donors (Lipinski definition) is 0. The molecule has 0 radical (unpaired) electrons. The molecule has 2 aromatic heterocycles. The SMILES string of the molecule is CCn1cnc2c(Sc3ccc(COC)cc3)nc(Cl)nc21. The van der Waals surface area contributed by atoms with E-state index in [0.29, 0.717) is 6.61 Å². The van der Waals surface area contributed by atoms with E-state index >= 15 is 0 Å². The van der Waals surface area contributed by atoms with Crippen LogP contribution in [0.25, 0.3) is 11.2 Å². The van der Waals surface area contributed by atoms with E-state index in [1.165, 1.54) is 11.8 Å². The van der Waals surface area contributed by atoms with Gasteiger partial charge in [0.25, 0.3) is 0 Å². The highest BCUT2D eigenvalue weighted by Crippen LogP contribution is 2.31. The van der Waals surface area contributed by atoms with Gasteiger partial charge >= 0.3 is 0 Å². The van der Waals surface area contributed by atoms with Crippen molar-refractivity contribution in [3.8, 4) is 0 Å². The Labute approximate surface area is 137 Å². The second-order valence-electron chi connectivity index (χ2n) is 4.68. The number of fused-ring (bicyclic) bond motifs is 1. The molecule has 0 aliphatic heterocycles. The molecule has 3 rings (SSSR count). The monoisotopic (exact) mass is 334 g/mol. The molecule has 0 fully saturated rings. The molecule has 5 nitrogen and oxygen atoms in total. The fourth-order valence-corrected chi connectivity index (χ4v) is 3.21. The predicted octanol–water partition coefficient (Wildman–Crippen LogP) is 3.80. The van der Waals surface area contributed by atoms with Gasteiger partial charge in [-0.15, -0.1) is 0 Å². The van der Waals surface area contributed by atoms with E-state index in [1.807, 2.05) is 35.8 Å². The van der Waals surface area contributed by atoms with E-state index < -0.39 is 0 Å². The van der Waals surface area contributed by atoms with Crippen molar-refractivity contribution in [1.29, 1.82) is 0 Å². The van der Waals surface area contributed by atoms with Gasteiger partial charge in [-0.1, -0.05) is 23.9 Å². The van der Waals surface area contributed by atoms with Crippen molar-refractivity contribution in [2.45, 2.75) is 30.0 Å². The number of nitrogens with zero attached hydrogens (tertiary/aromatic N) is 4. The number of aryl methyl sites for hydroxylation is 1. The highest BCUT2D eigenvalue weighted by molar-refractivity contribution is 7.99. The number of methoxy groups -OCH3 is 1. The zero-order valence-electron chi connectivity index (χ0n) is 12.3. The van der Waals surface area contributed by atoms with Crippen molar-refractivity contribution < 1.29 is 4.74 Å². The van der Waals surface area contributed by atoms with Gasteiger partial charge in [0.15, 0.2) is 5.65 Å². The van der Waals surface area contributed by atoms with Crippen LogP contribution in [0, 0.1) is 0 Å². The molecule has 0 saturated heterocycles. The third-order valence-electron chi connectivity index (χ3n) is 3.19. The number of halogens is 1. The fourth-order valence-electron chi connectivity index (χ4n) is 2.13. The van der Waals surface area contributed by atoms with Gasteiger partial charge in [0, 0.05) is 18.6 Å². The normalized spacial score (nSPS) is 11.2. The highest BCUT2D eigenvalue weighted by atomic mass is 35.5. The van der Waals surface area contributed by atoms with Gasteiger partial charge in [0.2, 0.25) is 5.28 Å². The van der Waals surface area contributed by atoms with Crippen molar-refractivity contribution in [3.63, 3.8) is 0 Å². The van der Waals surface area contributed by atoms with Gasteiger partial charge in [-0.2, -0.15) is 4.98 Å². The minimum absolute atomic E-state index is 0.237. The zero-order valence-corrected chi connectivity index (χ0v) is 13.9. The van der Waals surface area contributed by atoms with Crippen molar-refractivity contribution in [1.82, 2.24) is 19.5 Å². The van der Waals surface area contributed by atoms with Crippen LogP contribution in [0.4, 0.5) is 0 Å². The van der Waals surface area contributed by atoms with Crippen LogP contribution >= 0.6 is 23.4 Å². The van der Waals surface area contributed by atoms with Crippen molar-refractivity contribution >= 4 is 34.5 Å². The number of benzene rings is 1. The van der Waals surface area contributed by atoms with E-state index in [4.69, 9.17) is 16.3 Å². The number of ether oxygens (including phenoxy) is 1. The Hall–Kier alpha value is -1.63. The lowest BCUT2D eigenvalue weighted by Crippen LogP contribution is -1.96. The number of imidazole rings is 1. The van der Waals surface area contributed by atoms with Crippen LogP contribution in [-0.4, -0.2) is 26.6 Å². The zero-order chi connectivity index (χ0) is 15.5. The molecule has 0 aliphatic carbocycles. The summed E-state index contributed by atoms with van der Waals surface area (Å²) in [6.45, 7) is 3.44. The van der Waals surface area contributed by atoms with Crippen LogP contribution in [-0.2, 0) is 17.9 Å². The minimum Gasteiger partial charge on any atom is -0.380 e. The Morgan fingerprint density at radius 2 is 2.00 bits per heavy atom. The largest absolute Gasteiger partial charge is 0.380 e. The molecule has 0 atom stereocenters. The van der Waals surface area contributed by atoms with Gasteiger partial charge in [-0.3, -0.25) is 0 Å². The Kier molecular flexibility index (Phi) is 4.61. The quantitative estimate of drug-likeness (QED) is 0.524. The van der Waals surface area contributed by atoms with Crippen LogP contribution in [0.5, 0.6) is 0 Å². The number of hydrogen-bond acceptors (Lipinski definition) is 5. The average Bonchev–Trinajstić information content (AvgIpc) is 2.92. The Morgan fingerprint density at radius 1 is 1.23 bits per heavy atom. The predicted molar refractivity (Wildman–Crippen MR) is 87.3 cm³/mol. The van der Waals surface area contributed by atoms with Crippen LogP contribution < -0.4 is 0 Å². The summed E-state index contributed by atoms with van der Waals surface area (Å²) in [5, 5.41) is 1.00. The van der Waals surface area contributed by atoms with Crippen molar-refractivity contribution in [2.24, 2.45) is 0 Å². The summed E-state index contributed by atoms with van der Waals surface area (Å²) in [6, 6.07) is 8.16. The van der Waals surface area contributed by atoms with E-state index in [1.54, 1.807) is 13.4 Å². The molecular weight excluding hydrogens is 320 g/mol. The summed E-state index contributed by atoms with van der Waals surface area (Å²) in [4.78, 5) is 14.1. The maximum absolute atomic E-state index is 6.05. The van der Waals surface area contributed by atoms with E-state index in [-0.39, 0.29) is 5.28 Å². The second-order valence-corrected chi connectivity index (χ2v) is 6.08. The molecular formula is C15H15ClN4OS. The van der Waals surface area contributed by atoms with Gasteiger partial charge in [0.05, 0.1) is 12.9 Å². The molecule has 1 aromatic carbocycles. The van der Waals surface area contributed by atoms with Crippen LogP contribution in [0.15, 0.2) is 40.5 Å². The van der Waals surface area contributed by atoms with Gasteiger partial charge in [0.1, 0.15) is 10.5 Å². The van der Waals surface area contributed by atoms with Gasteiger partial charge in [-0.05, 0) is 36.2 Å². The first-order chi connectivity index (χ1) is 10.7. The van der Waals surface area contributed by atoms with Gasteiger partial charge < -0.3 is 9.30 Å². The third-order valence-corrected chi connectivity index (χ3v) is 4.35. The first kappa shape index (κ1) is 15.3. The smallest absolute Gasteiger partial charge is 0.225 e. The van der Waals surface area contributed by atoms with E-state index in [0.717, 1.165) is 33.2 Å². The van der Waals surface area contributed by atoms with E-state index in [9.17, 15) is 0 Å². The summed E-state index contributed by atoms with van der Waals surface area (Å²) in [6.07, 6.45) is 1.77. The standard InChI is InChI=1S/C15H15ClN4OS/c1-3-20-9-17-12-13(20)18-15(16)19-14(12)22-11-6-4-10(5-7-11)8-21-2/h4-7,9H,3,8H2,1-2H3. The molecule has 114 valence electrons. The number of rotatable bonds is 5. The fraction of sp³-hybridized carbons (Fsp3) is 0.267. The molecule has 2 heterocycles. The second kappa shape index (κ2) is 6.64. The molecule has 0 bridgehead atoms. The lowest BCUT2D eigenvalue weighted by atomic mass is 10.2. The summed E-state index contributed by atoms with van der Waals surface area (Å²) < 4.78 is 7.07. The molecule has 3 aromatic rings. The molecule has 7 heteroatoms. The van der Waals surface area contributed by atoms with E-state index in [2.05, 4.69) is 15.0 Å². The Bertz CT molecular complexity index is 788. The first-order valence-corrected chi connectivity index (χ1v) is 8.04. The molecule has 0 unspecified atom stereocenters. The summed E-state index contributed by atoms with van der Waals surface area (Å²) in [5.74, 6) is 0. The molecule has 22 heavy (non-hydrogen) atoms. The molecule has 0 N–H and O–H groups in total. The van der Waals surface area contributed by atoms with Crippen molar-refractivity contribution in [2.75, 3.05) is 7.11 Å². The van der Waals surface area contributed by atoms with Crippen LogP contribution in [0.3, 0.4) is 0 Å². The summed E-state index contributed by atoms with van der Waals surface area (Å²) in [5.41, 5.74) is 2.67. The molecule has 0 spiro atoms. The first-order valence-electron chi connectivity index (χ1n) is 6.85. The maximum atomic E-state index is 6.05. The van der Waals surface area contributed by atoms with Gasteiger partial charge in [-0.25, -0.2) is 9.97 Å². The molecule has 0 aliphatic rings. The lowest BCUT2D eigenvalue weighted by Gasteiger charge is -2.05. The summed E-state index contributed by atoms with van der Waals surface area (Å²) >= 11 is 7.58. The highest BCUT2D eigenvalue weighted by Gasteiger charge is 2.13. The van der Waals surface area contributed by atoms with Crippen LogP contribution in [0.1, 0.15) is 12.5 Å². The van der Waals surface area contributed by atoms with Crippen molar-refractivity contribution in [3.05, 3.63) is 41.4 Å². The third kappa shape index (κ3) is 3.09. The minimum atomic E-state index is 0.237. The number of aromatic nitrogens is 4. The maximum Gasteiger partial charge on any atom is 0.225 e. The topological polar surface area (TPSA) is 52.8 Å². The van der Waals surface area contributed by atoms with Crippen LogP contribution in [0.2, 0.25) is 5.28 Å². The Balaban J connectivity index is 1.94. The lowest BCUT2D eigenvalue weighted by molar-refractivity contribution is 0.185.